The van der Waals surface area contributed by atoms with Crippen LogP contribution in [0.2, 0.25) is 0 Å². The minimum Gasteiger partial charge on any atom is -0.383 e. The Kier molecular flexibility index (Phi) is 7.43. The Hall–Kier alpha value is -3.08. The van der Waals surface area contributed by atoms with Crippen molar-refractivity contribution in [2.24, 2.45) is 10.7 Å². The van der Waals surface area contributed by atoms with E-state index in [0.29, 0.717) is 12.1 Å². The molecule has 0 bridgehead atoms. The molecule has 0 heterocycles. The Labute approximate surface area is 155 Å². The molecule has 136 valence electrons. The maximum Gasteiger partial charge on any atom is 0.256 e. The van der Waals surface area contributed by atoms with Gasteiger partial charge in [-0.2, -0.15) is 0 Å². The Morgan fingerprint density at radius 3 is 2.69 bits per heavy atom. The second kappa shape index (κ2) is 10.0. The number of nitrogens with zero attached hydrogens (tertiary/aromatic N) is 1. The number of rotatable bonds is 8. The first-order valence-electron chi connectivity index (χ1n) is 8.69. The van der Waals surface area contributed by atoms with Crippen molar-refractivity contribution in [3.63, 3.8) is 0 Å². The number of benzene rings is 1. The van der Waals surface area contributed by atoms with E-state index in [2.05, 4.69) is 64.7 Å². The molecule has 0 saturated heterocycles. The lowest BCUT2D eigenvalue weighted by Gasteiger charge is -2.10. The zero-order valence-corrected chi connectivity index (χ0v) is 15.2. The van der Waals surface area contributed by atoms with Crippen molar-refractivity contribution in [1.82, 2.24) is 10.6 Å². The van der Waals surface area contributed by atoms with Gasteiger partial charge in [0.25, 0.3) is 5.91 Å². The number of hydrogen-bond acceptors (Lipinski definition) is 3. The Balaban J connectivity index is 1.90. The van der Waals surface area contributed by atoms with E-state index in [9.17, 15) is 4.79 Å². The summed E-state index contributed by atoms with van der Waals surface area (Å²) in [6.07, 6.45) is 12.6. The van der Waals surface area contributed by atoms with Crippen LogP contribution in [0.4, 0.5) is 0 Å². The topological polar surface area (TPSA) is 79.5 Å². The molecule has 4 N–H and O–H groups in total. The first kappa shape index (κ1) is 19.2. The van der Waals surface area contributed by atoms with Gasteiger partial charge in [0.15, 0.2) is 0 Å². The second-order valence-corrected chi connectivity index (χ2v) is 5.88. The van der Waals surface area contributed by atoms with Crippen LogP contribution >= 0.6 is 0 Å². The summed E-state index contributed by atoms with van der Waals surface area (Å²) in [7, 11) is 1.54. The van der Waals surface area contributed by atoms with E-state index < -0.39 is 0 Å². The van der Waals surface area contributed by atoms with Gasteiger partial charge in [-0.25, -0.2) is 0 Å². The van der Waals surface area contributed by atoms with Gasteiger partial charge in [0.05, 0.1) is 5.57 Å². The molecule has 0 aliphatic heterocycles. The summed E-state index contributed by atoms with van der Waals surface area (Å²) in [6, 6.07) is 8.45. The van der Waals surface area contributed by atoms with Crippen molar-refractivity contribution >= 4 is 17.3 Å². The number of allylic oxidation sites excluding steroid dienone is 4. The maximum atomic E-state index is 12.3. The predicted molar refractivity (Wildman–Crippen MR) is 108 cm³/mol. The van der Waals surface area contributed by atoms with E-state index in [1.165, 1.54) is 29.1 Å². The second-order valence-electron chi connectivity index (χ2n) is 5.88. The third kappa shape index (κ3) is 5.48. The average molecular weight is 350 g/mol. The normalized spacial score (nSPS) is 14.6. The van der Waals surface area contributed by atoms with Gasteiger partial charge < -0.3 is 16.4 Å². The lowest BCUT2D eigenvalue weighted by Crippen LogP contribution is -2.33. The molecule has 1 aliphatic rings. The van der Waals surface area contributed by atoms with Gasteiger partial charge in [-0.3, -0.25) is 9.79 Å². The summed E-state index contributed by atoms with van der Waals surface area (Å²) in [5.74, 6) is -0.0911. The number of amidine groups is 1. The SMILES string of the molecule is C=CN/C=C(/C(=O)NCCc1ccc(C2=CCCC=C2)cc1)C(N)=NC. The third-order valence-electron chi connectivity index (χ3n) is 4.09. The molecular weight excluding hydrogens is 324 g/mol. The first-order valence-corrected chi connectivity index (χ1v) is 8.69. The van der Waals surface area contributed by atoms with Crippen LogP contribution in [0.3, 0.4) is 0 Å². The highest BCUT2D eigenvalue weighted by atomic mass is 16.1. The largest absolute Gasteiger partial charge is 0.383 e. The zero-order valence-electron chi connectivity index (χ0n) is 15.2. The smallest absolute Gasteiger partial charge is 0.256 e. The third-order valence-corrected chi connectivity index (χ3v) is 4.09. The number of carbonyl (C=O) groups is 1. The fraction of sp³-hybridized carbons (Fsp3) is 0.238. The number of nitrogens with two attached hydrogens (primary N) is 1. The molecule has 0 aromatic heterocycles. The molecule has 5 heteroatoms. The van der Waals surface area contributed by atoms with Crippen molar-refractivity contribution in [3.8, 4) is 0 Å². The zero-order chi connectivity index (χ0) is 18.8. The van der Waals surface area contributed by atoms with Gasteiger partial charge in [-0.15, -0.1) is 0 Å². The minimum atomic E-state index is -0.267. The summed E-state index contributed by atoms with van der Waals surface area (Å²) in [5, 5.41) is 5.63. The van der Waals surface area contributed by atoms with Crippen LogP contribution in [0.1, 0.15) is 24.0 Å². The quantitative estimate of drug-likeness (QED) is 0.383. The number of carbonyl (C=O) groups excluding carboxylic acids is 1. The Morgan fingerprint density at radius 2 is 2.08 bits per heavy atom. The summed E-state index contributed by atoms with van der Waals surface area (Å²) in [6.45, 7) is 4.06. The van der Waals surface area contributed by atoms with Gasteiger partial charge in [0.2, 0.25) is 0 Å². The van der Waals surface area contributed by atoms with E-state index in [-0.39, 0.29) is 11.7 Å². The van der Waals surface area contributed by atoms with Gasteiger partial charge in [-0.05, 0) is 42.2 Å². The maximum absolute atomic E-state index is 12.3. The van der Waals surface area contributed by atoms with Gasteiger partial charge >= 0.3 is 0 Å². The monoisotopic (exact) mass is 350 g/mol. The van der Waals surface area contributed by atoms with Crippen LogP contribution in [0.15, 0.2) is 72.0 Å². The average Bonchev–Trinajstić information content (AvgIpc) is 2.69. The highest BCUT2D eigenvalue weighted by Gasteiger charge is 2.12. The van der Waals surface area contributed by atoms with Gasteiger partial charge in [0, 0.05) is 19.8 Å². The molecule has 5 nitrogen and oxygen atoms in total. The first-order chi connectivity index (χ1) is 12.7. The molecule has 1 aromatic rings. The summed E-state index contributed by atoms with van der Waals surface area (Å²) < 4.78 is 0. The standard InChI is InChI=1S/C21H26N4O/c1-3-24-15-19(20(22)23-2)21(26)25-14-13-16-9-11-18(12-10-16)17-7-5-4-6-8-17/h3,5,7-12,15,24H,1,4,6,13-14H2,2H3,(H2,22,23)(H,25,26)/b19-15+. The van der Waals surface area contributed by atoms with E-state index in [1.54, 1.807) is 7.05 Å². The van der Waals surface area contributed by atoms with E-state index >= 15 is 0 Å². The minimum absolute atomic E-state index is 0.176. The molecule has 1 aliphatic carbocycles. The molecule has 0 atom stereocenters. The van der Waals surface area contributed by atoms with Crippen molar-refractivity contribution in [1.29, 1.82) is 0 Å². The molecule has 1 aromatic carbocycles. The summed E-state index contributed by atoms with van der Waals surface area (Å²) in [5.41, 5.74) is 9.72. The molecule has 0 spiro atoms. The molecule has 0 saturated carbocycles. The van der Waals surface area contributed by atoms with Gasteiger partial charge in [-0.1, -0.05) is 49.1 Å². The van der Waals surface area contributed by atoms with Crippen molar-refractivity contribution in [2.75, 3.05) is 13.6 Å². The lowest BCUT2D eigenvalue weighted by molar-refractivity contribution is -0.117. The van der Waals surface area contributed by atoms with Crippen molar-refractivity contribution in [2.45, 2.75) is 19.3 Å². The van der Waals surface area contributed by atoms with Gasteiger partial charge in [0.1, 0.15) is 5.84 Å². The molecular formula is C21H26N4O. The van der Waals surface area contributed by atoms with Crippen LogP contribution < -0.4 is 16.4 Å². The van der Waals surface area contributed by atoms with Crippen molar-refractivity contribution < 1.29 is 4.79 Å². The predicted octanol–water partition coefficient (Wildman–Crippen LogP) is 2.68. The van der Waals surface area contributed by atoms with Crippen LogP contribution in [-0.4, -0.2) is 25.3 Å². The summed E-state index contributed by atoms with van der Waals surface area (Å²) >= 11 is 0. The number of nitrogens with one attached hydrogen (secondary N) is 2. The molecule has 2 rings (SSSR count). The van der Waals surface area contributed by atoms with E-state index in [1.807, 2.05) is 0 Å². The molecule has 0 fully saturated rings. The molecule has 0 unspecified atom stereocenters. The molecule has 26 heavy (non-hydrogen) atoms. The van der Waals surface area contributed by atoms with Crippen LogP contribution in [0.5, 0.6) is 0 Å². The summed E-state index contributed by atoms with van der Waals surface area (Å²) in [4.78, 5) is 16.1. The van der Waals surface area contributed by atoms with Crippen LogP contribution in [0.25, 0.3) is 5.57 Å². The van der Waals surface area contributed by atoms with Crippen LogP contribution in [-0.2, 0) is 11.2 Å². The Morgan fingerprint density at radius 1 is 1.31 bits per heavy atom. The lowest BCUT2D eigenvalue weighted by atomic mass is 9.98. The fourth-order valence-electron chi connectivity index (χ4n) is 2.63. The number of hydrogen-bond donors (Lipinski definition) is 3. The highest BCUT2D eigenvalue weighted by Crippen LogP contribution is 2.21. The number of amides is 1. The molecule has 0 radical (unpaired) electrons. The van der Waals surface area contributed by atoms with Crippen molar-refractivity contribution in [3.05, 3.63) is 78.2 Å². The van der Waals surface area contributed by atoms with E-state index in [4.69, 9.17) is 5.73 Å². The van der Waals surface area contributed by atoms with Crippen LogP contribution in [0, 0.1) is 0 Å². The number of aliphatic imine (C=N–C) groups is 1. The van der Waals surface area contributed by atoms with E-state index in [0.717, 1.165) is 19.3 Å². The highest BCUT2D eigenvalue weighted by molar-refractivity contribution is 6.20. The fourth-order valence-corrected chi connectivity index (χ4v) is 2.63. The molecule has 1 amide bonds. The Bertz CT molecular complexity index is 755.